The number of nitrogens with zero attached hydrogens (tertiary/aromatic N) is 2. The van der Waals surface area contributed by atoms with Gasteiger partial charge in [-0.3, -0.25) is 4.79 Å². The Labute approximate surface area is 112 Å². The maximum atomic E-state index is 11.9. The minimum absolute atomic E-state index is 0.0594. The van der Waals surface area contributed by atoms with Gasteiger partial charge in [-0.05, 0) is 32.9 Å². The second kappa shape index (κ2) is 5.01. The zero-order valence-corrected chi connectivity index (χ0v) is 11.5. The summed E-state index contributed by atoms with van der Waals surface area (Å²) >= 11 is 0. The number of carbonyl (C=O) groups excluding carboxylic acids is 1. The lowest BCUT2D eigenvalue weighted by Gasteiger charge is -2.20. The van der Waals surface area contributed by atoms with Crippen molar-refractivity contribution in [3.63, 3.8) is 0 Å². The van der Waals surface area contributed by atoms with Crippen LogP contribution in [0.1, 0.15) is 26.3 Å². The zero-order valence-electron chi connectivity index (χ0n) is 11.5. The van der Waals surface area contributed by atoms with E-state index in [1.807, 2.05) is 32.9 Å². The van der Waals surface area contributed by atoms with E-state index >= 15 is 0 Å². The Kier molecular flexibility index (Phi) is 3.57. The molecule has 2 rings (SSSR count). The van der Waals surface area contributed by atoms with Crippen molar-refractivity contribution in [2.24, 2.45) is 0 Å². The largest absolute Gasteiger partial charge is 0.392 e. The van der Waals surface area contributed by atoms with Crippen molar-refractivity contribution in [3.8, 4) is 0 Å². The van der Waals surface area contributed by atoms with Gasteiger partial charge in [-0.2, -0.15) is 0 Å². The highest BCUT2D eigenvalue weighted by atomic mass is 16.3. The Hall–Kier alpha value is -1.88. The number of hydrogen-bond acceptors (Lipinski definition) is 3. The number of hydrogen-bond donors (Lipinski definition) is 2. The Morgan fingerprint density at radius 1 is 1.47 bits per heavy atom. The summed E-state index contributed by atoms with van der Waals surface area (Å²) in [5.41, 5.74) is 1.25. The molecule has 0 aliphatic carbocycles. The Morgan fingerprint density at radius 3 is 2.84 bits per heavy atom. The van der Waals surface area contributed by atoms with Gasteiger partial charge < -0.3 is 15.0 Å². The van der Waals surface area contributed by atoms with E-state index in [0.29, 0.717) is 0 Å². The van der Waals surface area contributed by atoms with Crippen molar-refractivity contribution in [2.45, 2.75) is 39.5 Å². The molecule has 2 N–H and O–H groups in total. The molecule has 1 amide bonds. The van der Waals surface area contributed by atoms with Gasteiger partial charge in [0, 0.05) is 28.9 Å². The summed E-state index contributed by atoms with van der Waals surface area (Å²) in [6.07, 6.45) is 3.46. The first-order chi connectivity index (χ1) is 8.90. The molecule has 0 unspecified atom stereocenters. The molecule has 0 atom stereocenters. The summed E-state index contributed by atoms with van der Waals surface area (Å²) in [5.74, 6) is -0.0699. The molecule has 0 spiro atoms. The molecule has 5 nitrogen and oxygen atoms in total. The molecule has 0 aliphatic heterocycles. The van der Waals surface area contributed by atoms with Crippen molar-refractivity contribution < 1.29 is 9.90 Å². The number of rotatable bonds is 3. The maximum Gasteiger partial charge on any atom is 0.240 e. The third kappa shape index (κ3) is 3.12. The minimum Gasteiger partial charge on any atom is -0.392 e. The van der Waals surface area contributed by atoms with E-state index in [9.17, 15) is 9.90 Å². The molecule has 19 heavy (non-hydrogen) atoms. The summed E-state index contributed by atoms with van der Waals surface area (Å²) in [7, 11) is 0. The van der Waals surface area contributed by atoms with Gasteiger partial charge in [0.05, 0.1) is 6.61 Å². The molecular weight excluding hydrogens is 242 g/mol. The van der Waals surface area contributed by atoms with Crippen LogP contribution in [0.4, 0.5) is 0 Å². The molecule has 0 aromatic carbocycles. The molecule has 0 saturated carbocycles. The Balaban J connectivity index is 2.28. The lowest BCUT2D eigenvalue weighted by Crippen LogP contribution is -2.42. The van der Waals surface area contributed by atoms with Gasteiger partial charge in [-0.25, -0.2) is 4.98 Å². The van der Waals surface area contributed by atoms with E-state index in [-0.39, 0.29) is 24.6 Å². The van der Waals surface area contributed by atoms with Crippen LogP contribution in [0.3, 0.4) is 0 Å². The maximum absolute atomic E-state index is 11.9. The van der Waals surface area contributed by atoms with Crippen LogP contribution < -0.4 is 5.32 Å². The van der Waals surface area contributed by atoms with Crippen molar-refractivity contribution in [3.05, 3.63) is 30.1 Å². The topological polar surface area (TPSA) is 67.2 Å². The average Bonchev–Trinajstić information content (AvgIpc) is 2.65. The summed E-state index contributed by atoms with van der Waals surface area (Å²) < 4.78 is 1.77. The van der Waals surface area contributed by atoms with Crippen LogP contribution in [-0.4, -0.2) is 26.1 Å². The van der Waals surface area contributed by atoms with Crippen LogP contribution in [0.25, 0.3) is 11.0 Å². The molecule has 5 heteroatoms. The van der Waals surface area contributed by atoms with Crippen LogP contribution in [0.5, 0.6) is 0 Å². The SMILES string of the molecule is CC(C)(C)NC(=O)Cn1cc(CO)c2cccnc21. The molecule has 0 aliphatic rings. The number of carbonyl (C=O) groups is 1. The molecule has 0 radical (unpaired) electrons. The highest BCUT2D eigenvalue weighted by Gasteiger charge is 2.16. The van der Waals surface area contributed by atoms with Gasteiger partial charge in [0.2, 0.25) is 5.91 Å². The molecule has 0 fully saturated rings. The Morgan fingerprint density at radius 2 is 2.21 bits per heavy atom. The number of amides is 1. The number of nitrogens with one attached hydrogen (secondary N) is 1. The average molecular weight is 261 g/mol. The van der Waals surface area contributed by atoms with Crippen LogP contribution >= 0.6 is 0 Å². The van der Waals surface area contributed by atoms with Crippen LogP contribution in [0.2, 0.25) is 0 Å². The fourth-order valence-electron chi connectivity index (χ4n) is 2.05. The third-order valence-electron chi connectivity index (χ3n) is 2.72. The van der Waals surface area contributed by atoms with Gasteiger partial charge in [-0.1, -0.05) is 0 Å². The smallest absolute Gasteiger partial charge is 0.240 e. The number of aromatic nitrogens is 2. The van der Waals surface area contributed by atoms with Crippen molar-refractivity contribution in [1.82, 2.24) is 14.9 Å². The second-order valence-corrected chi connectivity index (χ2v) is 5.61. The Bertz CT molecular complexity index is 596. The van der Waals surface area contributed by atoms with Gasteiger partial charge in [0.1, 0.15) is 12.2 Å². The molecule has 2 aromatic heterocycles. The van der Waals surface area contributed by atoms with E-state index < -0.39 is 0 Å². The normalized spacial score (nSPS) is 11.8. The zero-order chi connectivity index (χ0) is 14.0. The first kappa shape index (κ1) is 13.5. The number of aliphatic hydroxyl groups excluding tert-OH is 1. The predicted octanol–water partition coefficient (Wildman–Crippen LogP) is 1.44. The van der Waals surface area contributed by atoms with Crippen molar-refractivity contribution >= 4 is 16.9 Å². The number of aliphatic hydroxyl groups is 1. The van der Waals surface area contributed by atoms with E-state index in [1.54, 1.807) is 17.0 Å². The number of fused-ring (bicyclic) bond motifs is 1. The summed E-state index contributed by atoms with van der Waals surface area (Å²) in [6, 6.07) is 3.72. The lowest BCUT2D eigenvalue weighted by molar-refractivity contribution is -0.123. The number of pyridine rings is 1. The molecular formula is C14H19N3O2. The second-order valence-electron chi connectivity index (χ2n) is 5.61. The van der Waals surface area contributed by atoms with Crippen molar-refractivity contribution in [1.29, 1.82) is 0 Å². The van der Waals surface area contributed by atoms with Crippen LogP contribution in [0, 0.1) is 0 Å². The standard InChI is InChI=1S/C14H19N3O2/c1-14(2,3)16-12(19)8-17-7-10(9-18)11-5-4-6-15-13(11)17/h4-7,18H,8-9H2,1-3H3,(H,16,19). The van der Waals surface area contributed by atoms with Gasteiger partial charge in [0.25, 0.3) is 0 Å². The molecule has 2 heterocycles. The summed E-state index contributed by atoms with van der Waals surface area (Å²) in [6.45, 7) is 5.96. The van der Waals surface area contributed by atoms with E-state index in [0.717, 1.165) is 16.6 Å². The van der Waals surface area contributed by atoms with E-state index in [2.05, 4.69) is 10.3 Å². The highest BCUT2D eigenvalue weighted by Crippen LogP contribution is 2.19. The van der Waals surface area contributed by atoms with Gasteiger partial charge in [-0.15, -0.1) is 0 Å². The monoisotopic (exact) mass is 261 g/mol. The predicted molar refractivity (Wildman–Crippen MR) is 73.6 cm³/mol. The van der Waals surface area contributed by atoms with Crippen LogP contribution in [0.15, 0.2) is 24.5 Å². The highest BCUT2D eigenvalue weighted by molar-refractivity contribution is 5.83. The van der Waals surface area contributed by atoms with E-state index in [4.69, 9.17) is 0 Å². The first-order valence-electron chi connectivity index (χ1n) is 6.25. The summed E-state index contributed by atoms with van der Waals surface area (Å²) in [5, 5.41) is 13.1. The lowest BCUT2D eigenvalue weighted by atomic mass is 10.1. The molecule has 0 bridgehead atoms. The fourth-order valence-corrected chi connectivity index (χ4v) is 2.05. The fraction of sp³-hybridized carbons (Fsp3) is 0.429. The molecule has 2 aromatic rings. The first-order valence-corrected chi connectivity index (χ1v) is 6.25. The minimum atomic E-state index is -0.257. The quantitative estimate of drug-likeness (QED) is 0.878. The van der Waals surface area contributed by atoms with E-state index in [1.165, 1.54) is 0 Å². The van der Waals surface area contributed by atoms with Crippen LogP contribution in [-0.2, 0) is 17.9 Å². The van der Waals surface area contributed by atoms with Crippen molar-refractivity contribution in [2.75, 3.05) is 0 Å². The molecule has 0 saturated heterocycles. The van der Waals surface area contributed by atoms with Gasteiger partial charge >= 0.3 is 0 Å². The molecule has 102 valence electrons. The summed E-state index contributed by atoms with van der Waals surface area (Å²) in [4.78, 5) is 16.2. The van der Waals surface area contributed by atoms with Gasteiger partial charge in [0.15, 0.2) is 0 Å². The third-order valence-corrected chi connectivity index (χ3v) is 2.72.